The zero-order valence-corrected chi connectivity index (χ0v) is 13.1. The number of carboxylic acid groups (broad SMARTS) is 1. The Bertz CT molecular complexity index is 281. The van der Waals surface area contributed by atoms with E-state index in [0.29, 0.717) is 23.3 Å². The molecule has 1 saturated carbocycles. The number of unbranched alkanes of at least 4 members (excludes halogenated alkanes) is 2. The minimum absolute atomic E-state index is 0.309. The summed E-state index contributed by atoms with van der Waals surface area (Å²) in [6.07, 6.45) is 7.03. The molecule has 0 aromatic heterocycles. The maximum absolute atomic E-state index is 10.4. The predicted octanol–water partition coefficient (Wildman–Crippen LogP) is 3.83. The van der Waals surface area contributed by atoms with Crippen LogP contribution in [0, 0.1) is 10.8 Å². The molecule has 2 N–H and O–H groups in total. The Morgan fingerprint density at radius 2 is 1.68 bits per heavy atom. The van der Waals surface area contributed by atoms with E-state index in [4.69, 9.17) is 5.11 Å². The molecular weight excluding hydrogens is 238 g/mol. The van der Waals surface area contributed by atoms with E-state index < -0.39 is 5.97 Å². The zero-order valence-electron chi connectivity index (χ0n) is 13.1. The second-order valence-corrected chi connectivity index (χ2v) is 7.77. The predicted molar refractivity (Wildman–Crippen MR) is 79.3 cm³/mol. The molecule has 1 rings (SSSR count). The van der Waals surface area contributed by atoms with Gasteiger partial charge in [-0.05, 0) is 49.5 Å². The Morgan fingerprint density at radius 3 is 2.21 bits per heavy atom. The van der Waals surface area contributed by atoms with Crippen molar-refractivity contribution in [3.8, 4) is 0 Å². The summed E-state index contributed by atoms with van der Waals surface area (Å²) in [5.74, 6) is -0.677. The van der Waals surface area contributed by atoms with E-state index in [9.17, 15) is 4.79 Å². The molecule has 0 radical (unpaired) electrons. The van der Waals surface area contributed by atoms with E-state index >= 15 is 0 Å². The first-order valence-corrected chi connectivity index (χ1v) is 7.65. The van der Waals surface area contributed by atoms with Gasteiger partial charge < -0.3 is 10.4 Å². The molecule has 0 amide bonds. The Balaban J connectivity index is 2.20. The lowest BCUT2D eigenvalue weighted by atomic mass is 9.63. The molecular formula is C16H31NO2. The van der Waals surface area contributed by atoms with Gasteiger partial charge in [0.2, 0.25) is 0 Å². The second kappa shape index (κ2) is 6.74. The van der Waals surface area contributed by atoms with Crippen molar-refractivity contribution in [1.29, 1.82) is 0 Å². The van der Waals surface area contributed by atoms with Crippen LogP contribution in [0.5, 0.6) is 0 Å². The molecule has 3 nitrogen and oxygen atoms in total. The van der Waals surface area contributed by atoms with Crippen molar-refractivity contribution in [2.75, 3.05) is 6.54 Å². The number of carbonyl (C=O) groups is 1. The third kappa shape index (κ3) is 6.95. The van der Waals surface area contributed by atoms with Crippen molar-refractivity contribution in [1.82, 2.24) is 5.32 Å². The molecule has 3 heteroatoms. The van der Waals surface area contributed by atoms with Crippen molar-refractivity contribution in [2.45, 2.75) is 78.7 Å². The van der Waals surface area contributed by atoms with Crippen LogP contribution in [0.1, 0.15) is 72.6 Å². The summed E-state index contributed by atoms with van der Waals surface area (Å²) in [5.41, 5.74) is 0.867. The summed E-state index contributed by atoms with van der Waals surface area (Å²) < 4.78 is 0. The fourth-order valence-corrected chi connectivity index (χ4v) is 3.87. The van der Waals surface area contributed by atoms with Crippen LogP contribution in [0.2, 0.25) is 0 Å². The monoisotopic (exact) mass is 269 g/mol. The Kier molecular flexibility index (Phi) is 5.84. The molecule has 0 atom stereocenters. The van der Waals surface area contributed by atoms with Gasteiger partial charge in [-0.2, -0.15) is 0 Å². The molecule has 0 unspecified atom stereocenters. The maximum atomic E-state index is 10.4. The first kappa shape index (κ1) is 16.5. The summed E-state index contributed by atoms with van der Waals surface area (Å²) in [7, 11) is 0. The summed E-state index contributed by atoms with van der Waals surface area (Å²) in [6.45, 7) is 10.5. The van der Waals surface area contributed by atoms with Crippen LogP contribution in [-0.4, -0.2) is 23.7 Å². The molecule has 1 aliphatic rings. The lowest BCUT2D eigenvalue weighted by Crippen LogP contribution is -2.44. The maximum Gasteiger partial charge on any atom is 0.303 e. The van der Waals surface area contributed by atoms with Gasteiger partial charge in [0.1, 0.15) is 0 Å². The second-order valence-electron chi connectivity index (χ2n) is 7.77. The van der Waals surface area contributed by atoms with Gasteiger partial charge in [-0.15, -0.1) is 0 Å². The van der Waals surface area contributed by atoms with E-state index in [-0.39, 0.29) is 0 Å². The minimum Gasteiger partial charge on any atom is -0.481 e. The van der Waals surface area contributed by atoms with E-state index in [0.717, 1.165) is 25.8 Å². The van der Waals surface area contributed by atoms with E-state index in [2.05, 4.69) is 33.0 Å². The van der Waals surface area contributed by atoms with Crippen molar-refractivity contribution in [3.63, 3.8) is 0 Å². The number of nitrogens with one attached hydrogen (secondary N) is 1. The summed E-state index contributed by atoms with van der Waals surface area (Å²) in [5, 5.41) is 12.2. The molecule has 0 spiro atoms. The van der Waals surface area contributed by atoms with Crippen molar-refractivity contribution >= 4 is 5.97 Å². The smallest absolute Gasteiger partial charge is 0.303 e. The van der Waals surface area contributed by atoms with E-state index in [1.54, 1.807) is 0 Å². The molecule has 0 heterocycles. The number of aliphatic carboxylic acids is 1. The molecule has 19 heavy (non-hydrogen) atoms. The standard InChI is InChI=1S/C16H31NO2/c1-15(2)10-13(11-16(3,4)12-15)17-9-7-5-6-8-14(18)19/h13,17H,5-12H2,1-4H3,(H,18,19). The van der Waals surface area contributed by atoms with Gasteiger partial charge in [0.25, 0.3) is 0 Å². The van der Waals surface area contributed by atoms with Crippen LogP contribution in [0.3, 0.4) is 0 Å². The van der Waals surface area contributed by atoms with Crippen LogP contribution in [0.4, 0.5) is 0 Å². The van der Waals surface area contributed by atoms with Crippen LogP contribution >= 0.6 is 0 Å². The SMILES string of the molecule is CC1(C)CC(NCCCCCC(=O)O)CC(C)(C)C1. The number of carboxylic acids is 1. The molecule has 0 aliphatic heterocycles. The molecule has 1 aliphatic carbocycles. The average Bonchev–Trinajstić information content (AvgIpc) is 2.18. The van der Waals surface area contributed by atoms with Crippen LogP contribution in [0.15, 0.2) is 0 Å². The highest BCUT2D eigenvalue weighted by Crippen LogP contribution is 2.45. The van der Waals surface area contributed by atoms with Gasteiger partial charge in [0.15, 0.2) is 0 Å². The Morgan fingerprint density at radius 1 is 1.11 bits per heavy atom. The normalized spacial score (nSPS) is 22.3. The van der Waals surface area contributed by atoms with Crippen molar-refractivity contribution in [2.24, 2.45) is 10.8 Å². The third-order valence-electron chi connectivity index (χ3n) is 4.06. The fourth-order valence-electron chi connectivity index (χ4n) is 3.87. The number of rotatable bonds is 7. The van der Waals surface area contributed by atoms with Crippen LogP contribution < -0.4 is 5.32 Å². The van der Waals surface area contributed by atoms with Gasteiger partial charge in [-0.25, -0.2) is 0 Å². The number of hydrogen-bond acceptors (Lipinski definition) is 2. The highest BCUT2D eigenvalue weighted by Gasteiger charge is 2.37. The fraction of sp³-hybridized carbons (Fsp3) is 0.938. The van der Waals surface area contributed by atoms with Gasteiger partial charge in [0.05, 0.1) is 0 Å². The molecule has 1 fully saturated rings. The average molecular weight is 269 g/mol. The summed E-state index contributed by atoms with van der Waals surface area (Å²) in [6, 6.07) is 0.623. The zero-order chi connectivity index (χ0) is 14.5. The Labute approximate surface area is 118 Å². The van der Waals surface area contributed by atoms with Crippen LogP contribution in [0.25, 0.3) is 0 Å². The quantitative estimate of drug-likeness (QED) is 0.691. The molecule has 0 aromatic carbocycles. The molecule has 0 aromatic rings. The van der Waals surface area contributed by atoms with Gasteiger partial charge in [-0.1, -0.05) is 34.1 Å². The van der Waals surface area contributed by atoms with E-state index in [1.807, 2.05) is 0 Å². The highest BCUT2D eigenvalue weighted by molar-refractivity contribution is 5.66. The molecule has 0 bridgehead atoms. The first-order chi connectivity index (χ1) is 8.70. The molecule has 0 saturated heterocycles. The third-order valence-corrected chi connectivity index (χ3v) is 4.06. The topological polar surface area (TPSA) is 49.3 Å². The summed E-state index contributed by atoms with van der Waals surface area (Å²) >= 11 is 0. The van der Waals surface area contributed by atoms with Gasteiger partial charge in [0, 0.05) is 12.5 Å². The van der Waals surface area contributed by atoms with Crippen LogP contribution in [-0.2, 0) is 4.79 Å². The lowest BCUT2D eigenvalue weighted by Gasteiger charge is -2.45. The Hall–Kier alpha value is -0.570. The minimum atomic E-state index is -0.677. The molecule has 112 valence electrons. The van der Waals surface area contributed by atoms with Crippen molar-refractivity contribution < 1.29 is 9.90 Å². The first-order valence-electron chi connectivity index (χ1n) is 7.65. The van der Waals surface area contributed by atoms with Crippen molar-refractivity contribution in [3.05, 3.63) is 0 Å². The summed E-state index contributed by atoms with van der Waals surface area (Å²) in [4.78, 5) is 10.4. The largest absolute Gasteiger partial charge is 0.481 e. The van der Waals surface area contributed by atoms with Gasteiger partial charge in [-0.3, -0.25) is 4.79 Å². The van der Waals surface area contributed by atoms with E-state index in [1.165, 1.54) is 19.3 Å². The highest BCUT2D eigenvalue weighted by atomic mass is 16.4. The lowest BCUT2D eigenvalue weighted by molar-refractivity contribution is -0.137. The van der Waals surface area contributed by atoms with Gasteiger partial charge >= 0.3 is 5.97 Å². The number of hydrogen-bond donors (Lipinski definition) is 2.